The van der Waals surface area contributed by atoms with Gasteiger partial charge in [0.1, 0.15) is 0 Å². The fourth-order valence-corrected chi connectivity index (χ4v) is 2.85. The molecule has 82 valence electrons. The number of piperazine rings is 1. The van der Waals surface area contributed by atoms with Crippen LogP contribution in [0.3, 0.4) is 0 Å². The minimum Gasteiger partial charge on any atom is -0.378 e. The van der Waals surface area contributed by atoms with Gasteiger partial charge < -0.3 is 4.74 Å². The molecule has 2 aliphatic rings. The lowest BCUT2D eigenvalue weighted by Gasteiger charge is -2.50. The van der Waals surface area contributed by atoms with Crippen molar-refractivity contribution in [1.29, 1.82) is 0 Å². The monoisotopic (exact) mass is 310 g/mol. The van der Waals surface area contributed by atoms with Gasteiger partial charge in [-0.25, -0.2) is 3.11 Å². The smallest absolute Gasteiger partial charge is 0.0643 e. The summed E-state index contributed by atoms with van der Waals surface area (Å²) in [5, 5.41) is 0. The van der Waals surface area contributed by atoms with Crippen LogP contribution in [0.2, 0.25) is 0 Å². The van der Waals surface area contributed by atoms with Crippen LogP contribution in [0.25, 0.3) is 0 Å². The number of rotatable bonds is 0. The summed E-state index contributed by atoms with van der Waals surface area (Å²) in [7, 11) is 0. The van der Waals surface area contributed by atoms with E-state index in [1.165, 1.54) is 0 Å². The quantitative estimate of drug-likeness (QED) is 0.498. The Morgan fingerprint density at radius 1 is 1.14 bits per heavy atom. The van der Waals surface area contributed by atoms with E-state index in [9.17, 15) is 0 Å². The third kappa shape index (κ3) is 2.08. The molecule has 3 nitrogen and oxygen atoms in total. The summed E-state index contributed by atoms with van der Waals surface area (Å²) in [6.45, 7) is 11.0. The summed E-state index contributed by atoms with van der Waals surface area (Å²) < 4.78 is 8.06. The first-order valence-electron chi connectivity index (χ1n) is 5.25. The molecule has 2 heterocycles. The molecule has 2 atom stereocenters. The van der Waals surface area contributed by atoms with Gasteiger partial charge in [0.2, 0.25) is 0 Å². The number of halogens is 1. The average Bonchev–Trinajstić information content (AvgIpc) is 2.00. The maximum absolute atomic E-state index is 5.59. The Morgan fingerprint density at radius 3 is 2.07 bits per heavy atom. The Hall–Kier alpha value is 0.610. The van der Waals surface area contributed by atoms with Gasteiger partial charge in [-0.05, 0) is 20.8 Å². The van der Waals surface area contributed by atoms with Crippen molar-refractivity contribution in [2.75, 3.05) is 26.3 Å². The van der Waals surface area contributed by atoms with E-state index in [1.54, 1.807) is 0 Å². The molecule has 0 aromatic carbocycles. The van der Waals surface area contributed by atoms with Crippen LogP contribution in [0.5, 0.6) is 0 Å². The molecule has 2 saturated heterocycles. The number of hydrogen-bond donors (Lipinski definition) is 0. The Bertz CT molecular complexity index is 203. The molecule has 2 unspecified atom stereocenters. The number of nitrogens with zero attached hydrogens (tertiary/aromatic N) is 2. The molecule has 0 spiro atoms. The van der Waals surface area contributed by atoms with Crippen molar-refractivity contribution in [3.63, 3.8) is 0 Å². The Kier molecular flexibility index (Phi) is 3.08. The van der Waals surface area contributed by atoms with Gasteiger partial charge in [0, 0.05) is 41.5 Å². The Morgan fingerprint density at radius 2 is 1.64 bits per heavy atom. The van der Waals surface area contributed by atoms with Crippen molar-refractivity contribution in [1.82, 2.24) is 8.01 Å². The van der Waals surface area contributed by atoms with Crippen molar-refractivity contribution in [2.24, 2.45) is 0 Å². The Labute approximate surface area is 100 Å². The maximum Gasteiger partial charge on any atom is 0.0643 e. The lowest BCUT2D eigenvalue weighted by atomic mass is 9.99. The summed E-state index contributed by atoms with van der Waals surface area (Å²) in [5.74, 6) is 0. The molecule has 2 fully saturated rings. The van der Waals surface area contributed by atoms with Gasteiger partial charge in [-0.2, -0.15) is 0 Å². The first-order valence-corrected chi connectivity index (χ1v) is 6.22. The van der Waals surface area contributed by atoms with Crippen LogP contribution in [0, 0.1) is 0 Å². The molecule has 14 heavy (non-hydrogen) atoms. The number of morpholine rings is 1. The normalized spacial score (nSPS) is 36.0. The van der Waals surface area contributed by atoms with E-state index in [-0.39, 0.29) is 0 Å². The summed E-state index contributed by atoms with van der Waals surface area (Å²) in [6.07, 6.45) is 0. The molecule has 2 rings (SSSR count). The van der Waals surface area contributed by atoms with Crippen LogP contribution in [-0.2, 0) is 4.74 Å². The minimum absolute atomic E-state index is 0.297. The van der Waals surface area contributed by atoms with Gasteiger partial charge >= 0.3 is 0 Å². The molecule has 2 aliphatic heterocycles. The first-order chi connectivity index (χ1) is 6.48. The standard InChI is InChI=1S/C10H19IN2O/c1-10(2,3)12-4-8-6-14-7-9(5-12)13(8)11/h8-9H,4-7H2,1-3H3. The predicted octanol–water partition coefficient (Wildman–Crippen LogP) is 1.52. The van der Waals surface area contributed by atoms with Gasteiger partial charge in [-0.15, -0.1) is 0 Å². The minimum atomic E-state index is 0.297. The molecule has 0 aliphatic carbocycles. The summed E-state index contributed by atoms with van der Waals surface area (Å²) in [4.78, 5) is 2.58. The van der Waals surface area contributed by atoms with Gasteiger partial charge in [-0.3, -0.25) is 4.90 Å². The lowest BCUT2D eigenvalue weighted by molar-refractivity contribution is -0.0658. The molecule has 0 N–H and O–H groups in total. The first kappa shape index (κ1) is 11.1. The third-order valence-corrected chi connectivity index (χ3v) is 4.70. The van der Waals surface area contributed by atoms with Crippen LogP contribution in [-0.4, -0.2) is 51.9 Å². The molecule has 0 amide bonds. The topological polar surface area (TPSA) is 15.7 Å². The lowest BCUT2D eigenvalue weighted by Crippen LogP contribution is -2.64. The van der Waals surface area contributed by atoms with Gasteiger partial charge in [0.15, 0.2) is 0 Å². The summed E-state index contributed by atoms with van der Waals surface area (Å²) in [5.41, 5.74) is 0.297. The summed E-state index contributed by atoms with van der Waals surface area (Å²) in [6, 6.07) is 1.17. The molecule has 4 heteroatoms. The second kappa shape index (κ2) is 3.88. The van der Waals surface area contributed by atoms with Gasteiger partial charge in [-0.1, -0.05) is 0 Å². The number of hydrogen-bond acceptors (Lipinski definition) is 3. The SMILES string of the molecule is CC(C)(C)N1CC2COCC(C1)N2I. The van der Waals surface area contributed by atoms with E-state index in [0.717, 1.165) is 26.3 Å². The van der Waals surface area contributed by atoms with E-state index in [0.29, 0.717) is 17.6 Å². The third-order valence-electron chi connectivity index (χ3n) is 3.13. The number of fused-ring (bicyclic) bond motifs is 2. The molecule has 0 saturated carbocycles. The van der Waals surface area contributed by atoms with Crippen LogP contribution in [0.4, 0.5) is 0 Å². The fraction of sp³-hybridized carbons (Fsp3) is 1.00. The van der Waals surface area contributed by atoms with Crippen LogP contribution < -0.4 is 0 Å². The Balaban J connectivity index is 2.08. The highest BCUT2D eigenvalue weighted by Crippen LogP contribution is 2.28. The molecule has 0 radical (unpaired) electrons. The zero-order valence-electron chi connectivity index (χ0n) is 9.16. The van der Waals surface area contributed by atoms with E-state index in [4.69, 9.17) is 4.74 Å². The van der Waals surface area contributed by atoms with E-state index >= 15 is 0 Å². The zero-order chi connectivity index (χ0) is 10.3. The average molecular weight is 310 g/mol. The predicted molar refractivity (Wildman–Crippen MR) is 65.6 cm³/mol. The molecule has 0 aromatic heterocycles. The summed E-state index contributed by atoms with van der Waals surface area (Å²) >= 11 is 2.46. The molecular formula is C10H19IN2O. The number of ether oxygens (including phenoxy) is 1. The highest BCUT2D eigenvalue weighted by molar-refractivity contribution is 14.1. The second-order valence-corrected chi connectivity index (χ2v) is 6.38. The molecule has 0 aromatic rings. The van der Waals surface area contributed by atoms with Gasteiger partial charge in [0.25, 0.3) is 0 Å². The van der Waals surface area contributed by atoms with Crippen molar-refractivity contribution in [3.05, 3.63) is 0 Å². The zero-order valence-corrected chi connectivity index (χ0v) is 11.3. The van der Waals surface area contributed by atoms with Crippen molar-refractivity contribution in [3.8, 4) is 0 Å². The van der Waals surface area contributed by atoms with E-state index in [1.807, 2.05) is 0 Å². The van der Waals surface area contributed by atoms with Crippen molar-refractivity contribution >= 4 is 22.9 Å². The molecule has 2 bridgehead atoms. The largest absolute Gasteiger partial charge is 0.378 e. The van der Waals surface area contributed by atoms with Crippen molar-refractivity contribution in [2.45, 2.75) is 38.4 Å². The second-order valence-electron chi connectivity index (χ2n) is 5.27. The van der Waals surface area contributed by atoms with Crippen LogP contribution in [0.1, 0.15) is 20.8 Å². The molecular weight excluding hydrogens is 291 g/mol. The fourth-order valence-electron chi connectivity index (χ4n) is 2.17. The van der Waals surface area contributed by atoms with Crippen LogP contribution in [0.15, 0.2) is 0 Å². The van der Waals surface area contributed by atoms with Crippen molar-refractivity contribution < 1.29 is 4.74 Å². The highest BCUT2D eigenvalue weighted by Gasteiger charge is 2.39. The van der Waals surface area contributed by atoms with E-state index < -0.39 is 0 Å². The maximum atomic E-state index is 5.59. The van der Waals surface area contributed by atoms with Gasteiger partial charge in [0.05, 0.1) is 25.3 Å². The van der Waals surface area contributed by atoms with E-state index in [2.05, 4.69) is 51.6 Å². The van der Waals surface area contributed by atoms with Crippen LogP contribution >= 0.6 is 22.9 Å². The highest BCUT2D eigenvalue weighted by atomic mass is 127.